The standard InChI is InChI=1S/C11H10N2O4S3/c14-10-7(3-4-18-10)13-20(16,17)6-1-2-9-8(5-6)12-11(15)19-9/h1-2,5,7,13H,3-4H2,(H,12,15)/t7-/m0/s1. The van der Waals surface area contributed by atoms with E-state index in [2.05, 4.69) is 9.71 Å². The fourth-order valence-electron chi connectivity index (χ4n) is 1.96. The summed E-state index contributed by atoms with van der Waals surface area (Å²) in [6.07, 6.45) is 0.500. The van der Waals surface area contributed by atoms with Crippen LogP contribution in [0.4, 0.5) is 0 Å². The third-order valence-corrected chi connectivity index (χ3v) is 6.28. The van der Waals surface area contributed by atoms with E-state index >= 15 is 0 Å². The Labute approximate surface area is 122 Å². The van der Waals surface area contributed by atoms with Gasteiger partial charge in [0.25, 0.3) is 0 Å². The highest BCUT2D eigenvalue weighted by molar-refractivity contribution is 8.14. The highest BCUT2D eigenvalue weighted by atomic mass is 32.2. The Bertz CT molecular complexity index is 837. The van der Waals surface area contributed by atoms with Crippen LogP contribution in [0.2, 0.25) is 0 Å². The zero-order chi connectivity index (χ0) is 14.3. The summed E-state index contributed by atoms with van der Waals surface area (Å²) < 4.78 is 27.5. The van der Waals surface area contributed by atoms with Gasteiger partial charge in [-0.3, -0.25) is 9.59 Å². The number of hydrogen-bond donors (Lipinski definition) is 2. The first-order valence-electron chi connectivity index (χ1n) is 5.77. The summed E-state index contributed by atoms with van der Waals surface area (Å²) in [4.78, 5) is 25.1. The molecule has 2 N–H and O–H groups in total. The topological polar surface area (TPSA) is 96.1 Å². The van der Waals surface area contributed by atoms with E-state index in [4.69, 9.17) is 0 Å². The van der Waals surface area contributed by atoms with Gasteiger partial charge in [0.1, 0.15) is 0 Å². The van der Waals surface area contributed by atoms with Crippen molar-refractivity contribution in [1.29, 1.82) is 0 Å². The first-order chi connectivity index (χ1) is 9.45. The van der Waals surface area contributed by atoms with E-state index in [1.807, 2.05) is 0 Å². The van der Waals surface area contributed by atoms with Gasteiger partial charge in [0, 0.05) is 5.75 Å². The number of carbonyl (C=O) groups is 1. The molecule has 0 amide bonds. The van der Waals surface area contributed by atoms with Crippen molar-refractivity contribution in [2.75, 3.05) is 5.75 Å². The second kappa shape index (κ2) is 4.99. The maximum Gasteiger partial charge on any atom is 0.305 e. The van der Waals surface area contributed by atoms with Crippen molar-refractivity contribution in [2.45, 2.75) is 17.4 Å². The van der Waals surface area contributed by atoms with E-state index in [9.17, 15) is 18.0 Å². The molecule has 0 unspecified atom stereocenters. The number of fused-ring (bicyclic) bond motifs is 1. The molecule has 2 heterocycles. The lowest BCUT2D eigenvalue weighted by Crippen LogP contribution is -2.37. The highest BCUT2D eigenvalue weighted by Gasteiger charge is 2.30. The largest absolute Gasteiger partial charge is 0.312 e. The van der Waals surface area contributed by atoms with Crippen molar-refractivity contribution in [3.05, 3.63) is 27.9 Å². The zero-order valence-electron chi connectivity index (χ0n) is 10.1. The Morgan fingerprint density at radius 2 is 2.10 bits per heavy atom. The van der Waals surface area contributed by atoms with Crippen LogP contribution in [0.1, 0.15) is 6.42 Å². The number of thioether (sulfide) groups is 1. The van der Waals surface area contributed by atoms with Gasteiger partial charge < -0.3 is 4.98 Å². The lowest BCUT2D eigenvalue weighted by atomic mass is 10.3. The van der Waals surface area contributed by atoms with Crippen molar-refractivity contribution >= 4 is 48.5 Å². The number of aromatic nitrogens is 1. The Balaban J connectivity index is 1.95. The van der Waals surface area contributed by atoms with Gasteiger partial charge in [0.2, 0.25) is 15.1 Å². The molecule has 0 spiro atoms. The van der Waals surface area contributed by atoms with Crippen molar-refractivity contribution in [3.63, 3.8) is 0 Å². The molecule has 1 aromatic heterocycles. The van der Waals surface area contributed by atoms with Crippen LogP contribution in [-0.4, -0.2) is 30.3 Å². The molecule has 6 nitrogen and oxygen atoms in total. The number of nitrogens with one attached hydrogen (secondary N) is 2. The maximum atomic E-state index is 12.2. The molecule has 0 bridgehead atoms. The van der Waals surface area contributed by atoms with E-state index < -0.39 is 16.1 Å². The van der Waals surface area contributed by atoms with Gasteiger partial charge in [0.05, 0.1) is 21.2 Å². The summed E-state index contributed by atoms with van der Waals surface area (Å²) in [5.41, 5.74) is 0.481. The minimum Gasteiger partial charge on any atom is -0.312 e. The van der Waals surface area contributed by atoms with Crippen LogP contribution in [0.3, 0.4) is 0 Å². The predicted octanol–water partition coefficient (Wildman–Crippen LogP) is 0.900. The van der Waals surface area contributed by atoms with E-state index in [1.165, 1.54) is 12.1 Å². The molecule has 20 heavy (non-hydrogen) atoms. The summed E-state index contributed by atoms with van der Waals surface area (Å²) in [7, 11) is -3.76. The number of rotatable bonds is 3. The minimum absolute atomic E-state index is 0.0451. The molecule has 9 heteroatoms. The SMILES string of the molecule is O=C1SCC[C@@H]1NS(=O)(=O)c1ccc2sc(=O)[nH]c2c1. The Hall–Kier alpha value is -1.16. The molecule has 1 fully saturated rings. The summed E-state index contributed by atoms with van der Waals surface area (Å²) in [5.74, 6) is 0.628. The molecular weight excluding hydrogens is 320 g/mol. The maximum absolute atomic E-state index is 12.2. The average Bonchev–Trinajstić information content (AvgIpc) is 2.93. The summed E-state index contributed by atoms with van der Waals surface area (Å²) >= 11 is 2.16. The van der Waals surface area contributed by atoms with Crippen LogP contribution >= 0.6 is 23.1 Å². The second-order valence-corrected chi connectivity index (χ2v) is 8.13. The quantitative estimate of drug-likeness (QED) is 0.872. The molecule has 3 rings (SSSR count). The third kappa shape index (κ3) is 2.53. The van der Waals surface area contributed by atoms with Crippen LogP contribution in [0.25, 0.3) is 10.2 Å². The third-order valence-electron chi connectivity index (χ3n) is 2.93. The molecule has 1 aliphatic rings. The molecule has 2 aromatic rings. The fourth-order valence-corrected chi connectivity index (χ4v) is 4.94. The molecule has 1 aromatic carbocycles. The first-order valence-corrected chi connectivity index (χ1v) is 9.06. The molecule has 1 saturated heterocycles. The number of H-pyrrole nitrogens is 1. The Morgan fingerprint density at radius 1 is 1.30 bits per heavy atom. The number of thiazole rings is 1. The van der Waals surface area contributed by atoms with Crippen LogP contribution in [0, 0.1) is 0 Å². The monoisotopic (exact) mass is 330 g/mol. The van der Waals surface area contributed by atoms with Crippen LogP contribution in [0.15, 0.2) is 27.9 Å². The van der Waals surface area contributed by atoms with Gasteiger partial charge in [-0.2, -0.15) is 4.72 Å². The number of benzene rings is 1. The average molecular weight is 330 g/mol. The van der Waals surface area contributed by atoms with Gasteiger partial charge in [0.15, 0.2) is 0 Å². The minimum atomic E-state index is -3.76. The number of hydrogen-bond acceptors (Lipinski definition) is 6. The number of sulfonamides is 1. The molecule has 0 saturated carbocycles. The molecule has 0 aliphatic carbocycles. The molecule has 106 valence electrons. The van der Waals surface area contributed by atoms with Crippen molar-refractivity contribution in [2.24, 2.45) is 0 Å². The van der Waals surface area contributed by atoms with Gasteiger partial charge in [-0.25, -0.2) is 8.42 Å². The van der Waals surface area contributed by atoms with Gasteiger partial charge in [-0.15, -0.1) is 0 Å². The fraction of sp³-hybridized carbons (Fsp3) is 0.273. The Kier molecular flexibility index (Phi) is 3.44. The summed E-state index contributed by atoms with van der Waals surface area (Å²) in [6, 6.07) is 3.75. The molecule has 1 atom stereocenters. The van der Waals surface area contributed by atoms with Gasteiger partial charge in [-0.05, 0) is 24.6 Å². The van der Waals surface area contributed by atoms with Crippen molar-refractivity contribution in [3.8, 4) is 0 Å². The number of carbonyl (C=O) groups excluding carboxylic acids is 1. The summed E-state index contributed by atoms with van der Waals surface area (Å²) in [5, 5.41) is -0.154. The van der Waals surface area contributed by atoms with Crippen LogP contribution in [0.5, 0.6) is 0 Å². The lowest BCUT2D eigenvalue weighted by molar-refractivity contribution is -0.111. The van der Waals surface area contributed by atoms with E-state index in [0.717, 1.165) is 23.1 Å². The van der Waals surface area contributed by atoms with Gasteiger partial charge >= 0.3 is 4.87 Å². The summed E-state index contributed by atoms with van der Waals surface area (Å²) in [6.45, 7) is 0. The Morgan fingerprint density at radius 3 is 2.80 bits per heavy atom. The van der Waals surface area contributed by atoms with Crippen LogP contribution < -0.4 is 9.60 Å². The highest BCUT2D eigenvalue weighted by Crippen LogP contribution is 2.23. The number of aromatic amines is 1. The molecule has 0 radical (unpaired) electrons. The predicted molar refractivity (Wildman–Crippen MR) is 78.6 cm³/mol. The smallest absolute Gasteiger partial charge is 0.305 e. The van der Waals surface area contributed by atoms with Gasteiger partial charge in [-0.1, -0.05) is 23.1 Å². The van der Waals surface area contributed by atoms with Crippen LogP contribution in [-0.2, 0) is 14.8 Å². The normalized spacial score (nSPS) is 19.8. The zero-order valence-corrected chi connectivity index (χ0v) is 12.5. The van der Waals surface area contributed by atoms with Crippen molar-refractivity contribution < 1.29 is 13.2 Å². The van der Waals surface area contributed by atoms with Crippen molar-refractivity contribution in [1.82, 2.24) is 9.71 Å². The van der Waals surface area contributed by atoms with E-state index in [0.29, 0.717) is 22.4 Å². The van der Waals surface area contributed by atoms with E-state index in [-0.39, 0.29) is 14.9 Å². The lowest BCUT2D eigenvalue weighted by Gasteiger charge is -2.10. The molecular formula is C11H10N2O4S3. The second-order valence-electron chi connectivity index (χ2n) is 4.30. The van der Waals surface area contributed by atoms with E-state index in [1.54, 1.807) is 6.07 Å². The first kappa shape index (κ1) is 13.8. The molecule has 1 aliphatic heterocycles.